The van der Waals surface area contributed by atoms with Crippen LogP contribution in [0.4, 0.5) is 0 Å². The summed E-state index contributed by atoms with van der Waals surface area (Å²) in [4.78, 5) is 0. The zero-order chi connectivity index (χ0) is 13.7. The molecule has 0 radical (unpaired) electrons. The average molecular weight is 263 g/mol. The molecule has 0 atom stereocenters. The van der Waals surface area contributed by atoms with Gasteiger partial charge in [0.25, 0.3) is 0 Å². The first kappa shape index (κ1) is 14.4. The molecule has 1 saturated carbocycles. The average Bonchev–Trinajstić information content (AvgIpc) is 3.18. The highest BCUT2D eigenvalue weighted by atomic mass is 16.5. The van der Waals surface area contributed by atoms with E-state index in [1.165, 1.54) is 29.5 Å². The summed E-state index contributed by atoms with van der Waals surface area (Å²) in [5, 5.41) is 3.37. The van der Waals surface area contributed by atoms with Crippen molar-refractivity contribution in [1.82, 2.24) is 5.32 Å². The van der Waals surface area contributed by atoms with Gasteiger partial charge in [0.2, 0.25) is 0 Å². The molecule has 0 spiro atoms. The lowest BCUT2D eigenvalue weighted by molar-refractivity contribution is 0.199. The van der Waals surface area contributed by atoms with Crippen molar-refractivity contribution in [3.63, 3.8) is 0 Å². The molecule has 1 aromatic rings. The van der Waals surface area contributed by atoms with Gasteiger partial charge in [-0.3, -0.25) is 0 Å². The molecule has 1 fully saturated rings. The number of hydrogen-bond donors (Lipinski definition) is 1. The Morgan fingerprint density at radius 2 is 1.89 bits per heavy atom. The number of hydrogen-bond acceptors (Lipinski definition) is 3. The minimum atomic E-state index is 0.751. The van der Waals surface area contributed by atoms with Crippen LogP contribution in [0.15, 0.2) is 12.1 Å². The Balaban J connectivity index is 1.90. The number of aryl methyl sites for hydroxylation is 2. The molecule has 0 amide bonds. The van der Waals surface area contributed by atoms with Crippen LogP contribution in [-0.4, -0.2) is 26.9 Å². The number of benzene rings is 1. The number of nitrogens with one attached hydrogen (secondary N) is 1. The van der Waals surface area contributed by atoms with Crippen molar-refractivity contribution in [3.05, 3.63) is 28.8 Å². The second-order valence-electron chi connectivity index (χ2n) is 5.48. The van der Waals surface area contributed by atoms with E-state index in [2.05, 4.69) is 31.3 Å². The highest BCUT2D eigenvalue weighted by molar-refractivity contribution is 5.43. The maximum absolute atomic E-state index is 5.95. The van der Waals surface area contributed by atoms with Crippen molar-refractivity contribution >= 4 is 0 Å². The van der Waals surface area contributed by atoms with Gasteiger partial charge in [-0.1, -0.05) is 12.1 Å². The van der Waals surface area contributed by atoms with E-state index < -0.39 is 0 Å². The summed E-state index contributed by atoms with van der Waals surface area (Å²) in [6.07, 6.45) is 2.67. The monoisotopic (exact) mass is 263 g/mol. The van der Waals surface area contributed by atoms with Crippen molar-refractivity contribution in [2.24, 2.45) is 5.92 Å². The Morgan fingerprint density at radius 3 is 2.47 bits per heavy atom. The summed E-state index contributed by atoms with van der Waals surface area (Å²) >= 11 is 0. The molecule has 1 aromatic carbocycles. The Labute approximate surface area is 116 Å². The van der Waals surface area contributed by atoms with Crippen LogP contribution in [-0.2, 0) is 11.3 Å². The van der Waals surface area contributed by atoms with E-state index in [0.29, 0.717) is 0 Å². The van der Waals surface area contributed by atoms with Crippen LogP contribution in [0.25, 0.3) is 0 Å². The van der Waals surface area contributed by atoms with Crippen molar-refractivity contribution in [2.75, 3.05) is 26.9 Å². The van der Waals surface area contributed by atoms with Gasteiger partial charge in [0.15, 0.2) is 0 Å². The summed E-state index contributed by atoms with van der Waals surface area (Å²) in [5.74, 6) is 1.88. The van der Waals surface area contributed by atoms with Crippen molar-refractivity contribution < 1.29 is 9.47 Å². The van der Waals surface area contributed by atoms with E-state index in [0.717, 1.165) is 38.0 Å². The van der Waals surface area contributed by atoms with Gasteiger partial charge >= 0.3 is 0 Å². The quantitative estimate of drug-likeness (QED) is 0.732. The third-order valence-corrected chi connectivity index (χ3v) is 3.49. The first-order valence-electron chi connectivity index (χ1n) is 7.13. The van der Waals surface area contributed by atoms with Crippen LogP contribution in [0.5, 0.6) is 5.75 Å². The fourth-order valence-corrected chi connectivity index (χ4v) is 2.26. The molecular weight excluding hydrogens is 238 g/mol. The molecule has 0 bridgehead atoms. The molecule has 0 unspecified atom stereocenters. The predicted octanol–water partition coefficient (Wildman–Crippen LogP) is 2.83. The predicted molar refractivity (Wildman–Crippen MR) is 77.7 cm³/mol. The van der Waals surface area contributed by atoms with Gasteiger partial charge in [0.1, 0.15) is 5.75 Å². The second kappa shape index (κ2) is 6.92. The van der Waals surface area contributed by atoms with Gasteiger partial charge in [-0.05, 0) is 49.3 Å². The van der Waals surface area contributed by atoms with Gasteiger partial charge in [0.05, 0.1) is 13.2 Å². The molecule has 3 heteroatoms. The van der Waals surface area contributed by atoms with Crippen LogP contribution in [0, 0.1) is 19.8 Å². The molecule has 1 aliphatic carbocycles. The smallest absolute Gasteiger partial charge is 0.125 e. The highest BCUT2D eigenvalue weighted by Gasteiger charge is 2.22. The van der Waals surface area contributed by atoms with Crippen LogP contribution >= 0.6 is 0 Å². The molecule has 0 aliphatic heterocycles. The third-order valence-electron chi connectivity index (χ3n) is 3.49. The number of rotatable bonds is 8. The van der Waals surface area contributed by atoms with E-state index in [1.807, 2.05) is 0 Å². The fourth-order valence-electron chi connectivity index (χ4n) is 2.26. The zero-order valence-electron chi connectivity index (χ0n) is 12.3. The minimum absolute atomic E-state index is 0.751. The highest BCUT2D eigenvalue weighted by Crippen LogP contribution is 2.31. The van der Waals surface area contributed by atoms with Gasteiger partial charge in [-0.2, -0.15) is 0 Å². The Kier molecular flexibility index (Phi) is 5.23. The minimum Gasteiger partial charge on any atom is -0.493 e. The maximum Gasteiger partial charge on any atom is 0.125 e. The van der Waals surface area contributed by atoms with Gasteiger partial charge in [-0.25, -0.2) is 0 Å². The van der Waals surface area contributed by atoms with Crippen molar-refractivity contribution in [3.8, 4) is 5.75 Å². The van der Waals surface area contributed by atoms with Crippen LogP contribution in [0.3, 0.4) is 0 Å². The van der Waals surface area contributed by atoms with E-state index in [9.17, 15) is 0 Å². The van der Waals surface area contributed by atoms with Crippen LogP contribution in [0.2, 0.25) is 0 Å². The Hall–Kier alpha value is -1.06. The molecule has 2 rings (SSSR count). The van der Waals surface area contributed by atoms with E-state index in [4.69, 9.17) is 9.47 Å². The van der Waals surface area contributed by atoms with E-state index >= 15 is 0 Å². The summed E-state index contributed by atoms with van der Waals surface area (Å²) in [5.41, 5.74) is 3.79. The second-order valence-corrected chi connectivity index (χ2v) is 5.48. The largest absolute Gasteiger partial charge is 0.493 e. The fraction of sp³-hybridized carbons (Fsp3) is 0.625. The topological polar surface area (TPSA) is 30.5 Å². The van der Waals surface area contributed by atoms with E-state index in [-0.39, 0.29) is 0 Å². The normalized spacial score (nSPS) is 14.7. The molecule has 0 aromatic heterocycles. The lowest BCUT2D eigenvalue weighted by Crippen LogP contribution is -2.18. The Morgan fingerprint density at radius 1 is 1.21 bits per heavy atom. The molecule has 0 saturated heterocycles. The SMILES string of the molecule is COCCNCc1cc(C)c(OCC2CC2)c(C)c1. The first-order chi connectivity index (χ1) is 9.20. The lowest BCUT2D eigenvalue weighted by atomic mass is 10.1. The summed E-state index contributed by atoms with van der Waals surface area (Å²) < 4.78 is 11.0. The molecule has 0 heterocycles. The molecule has 106 valence electrons. The number of ether oxygens (including phenoxy) is 2. The van der Waals surface area contributed by atoms with Gasteiger partial charge in [0, 0.05) is 20.2 Å². The summed E-state index contributed by atoms with van der Waals surface area (Å²) in [6, 6.07) is 4.43. The van der Waals surface area contributed by atoms with E-state index in [1.54, 1.807) is 7.11 Å². The molecular formula is C16H25NO2. The number of methoxy groups -OCH3 is 1. The summed E-state index contributed by atoms with van der Waals surface area (Å²) in [6.45, 7) is 7.66. The van der Waals surface area contributed by atoms with Crippen molar-refractivity contribution in [2.45, 2.75) is 33.2 Å². The molecule has 19 heavy (non-hydrogen) atoms. The maximum atomic E-state index is 5.95. The standard InChI is InChI=1S/C16H25NO2/c1-12-8-15(10-17-6-7-18-3)9-13(2)16(12)19-11-14-4-5-14/h8-9,14,17H,4-7,10-11H2,1-3H3. The van der Waals surface area contributed by atoms with Crippen LogP contribution < -0.4 is 10.1 Å². The molecule has 1 N–H and O–H groups in total. The molecule has 1 aliphatic rings. The Bertz CT molecular complexity index is 390. The lowest BCUT2D eigenvalue weighted by Gasteiger charge is -2.14. The zero-order valence-corrected chi connectivity index (χ0v) is 12.3. The van der Waals surface area contributed by atoms with Gasteiger partial charge in [-0.15, -0.1) is 0 Å². The van der Waals surface area contributed by atoms with Gasteiger partial charge < -0.3 is 14.8 Å². The first-order valence-corrected chi connectivity index (χ1v) is 7.13. The van der Waals surface area contributed by atoms with Crippen molar-refractivity contribution in [1.29, 1.82) is 0 Å². The molecule has 3 nitrogen and oxygen atoms in total. The third kappa shape index (κ3) is 4.51. The summed E-state index contributed by atoms with van der Waals surface area (Å²) in [7, 11) is 1.72. The van der Waals surface area contributed by atoms with Crippen LogP contribution in [0.1, 0.15) is 29.5 Å².